The van der Waals surface area contributed by atoms with Crippen LogP contribution in [0.15, 0.2) is 36.2 Å². The molecule has 2 aromatic heterocycles. The summed E-state index contributed by atoms with van der Waals surface area (Å²) in [4.78, 5) is 15.8. The first-order valence-corrected chi connectivity index (χ1v) is 9.12. The molecule has 0 bridgehead atoms. The highest BCUT2D eigenvalue weighted by molar-refractivity contribution is 6.17. The molecule has 0 unspecified atom stereocenters. The van der Waals surface area contributed by atoms with E-state index in [9.17, 15) is 18.0 Å². The molecule has 0 spiro atoms. The third-order valence-corrected chi connectivity index (χ3v) is 4.92. The van der Waals surface area contributed by atoms with Crippen molar-refractivity contribution in [2.75, 3.05) is 5.32 Å². The Labute approximate surface area is 164 Å². The van der Waals surface area contributed by atoms with Gasteiger partial charge in [0, 0.05) is 24.5 Å². The first-order valence-electron chi connectivity index (χ1n) is 9.12. The van der Waals surface area contributed by atoms with Crippen LogP contribution < -0.4 is 27.5 Å². The van der Waals surface area contributed by atoms with E-state index in [2.05, 4.69) is 15.6 Å². The van der Waals surface area contributed by atoms with Crippen LogP contribution in [0.2, 0.25) is 0 Å². The average molecular weight is 410 g/mol. The highest BCUT2D eigenvalue weighted by Gasteiger charge is 2.34. The first kappa shape index (κ1) is 20.5. The number of nitrogens with two attached hydrogens (primary N) is 3. The Morgan fingerprint density at radius 1 is 1.24 bits per heavy atom. The lowest BCUT2D eigenvalue weighted by molar-refractivity contribution is -0.140. The number of pyridine rings is 1. The molecule has 3 rings (SSSR count). The second-order valence-electron chi connectivity index (χ2n) is 6.97. The predicted octanol–water partition coefficient (Wildman–Crippen LogP) is 0.151. The Bertz CT molecular complexity index is 943. The molecule has 8 N–H and O–H groups in total. The molecule has 2 heterocycles. The first-order chi connectivity index (χ1) is 13.7. The number of nitrogens with zero attached hydrogens (tertiary/aromatic N) is 2. The fourth-order valence-corrected chi connectivity index (χ4v) is 3.42. The molecule has 29 heavy (non-hydrogen) atoms. The lowest BCUT2D eigenvalue weighted by atomic mass is 9.91. The lowest BCUT2D eigenvalue weighted by Gasteiger charge is -2.30. The second kappa shape index (κ2) is 8.02. The van der Waals surface area contributed by atoms with Gasteiger partial charge in [-0.1, -0.05) is 6.07 Å². The Hall–Kier alpha value is -3.24. The number of nitrogens with one attached hydrogen (secondary N) is 2. The van der Waals surface area contributed by atoms with Crippen LogP contribution in [0.1, 0.15) is 31.4 Å². The number of halogens is 3. The number of imidazole rings is 1. The summed E-state index contributed by atoms with van der Waals surface area (Å²) in [7, 11) is 0. The van der Waals surface area contributed by atoms with E-state index in [0.717, 1.165) is 25.2 Å². The molecule has 11 heteroatoms. The maximum Gasteiger partial charge on any atom is 0.434 e. The summed E-state index contributed by atoms with van der Waals surface area (Å²) < 4.78 is 40.2. The van der Waals surface area contributed by atoms with Gasteiger partial charge in [-0.25, -0.2) is 4.98 Å². The molecule has 0 aliphatic heterocycles. The summed E-state index contributed by atoms with van der Waals surface area (Å²) in [5.41, 5.74) is 10.1. The van der Waals surface area contributed by atoms with E-state index < -0.39 is 17.8 Å². The van der Waals surface area contributed by atoms with Crippen molar-refractivity contribution in [1.82, 2.24) is 14.7 Å². The zero-order valence-electron chi connectivity index (χ0n) is 15.5. The maximum atomic E-state index is 12.9. The molecular weight excluding hydrogens is 387 g/mol. The lowest BCUT2D eigenvalue weighted by Crippen LogP contribution is -2.51. The number of amidine groups is 1. The highest BCUT2D eigenvalue weighted by Crippen LogP contribution is 2.30. The van der Waals surface area contributed by atoms with Crippen LogP contribution in [0.4, 0.5) is 19.0 Å². The van der Waals surface area contributed by atoms with Gasteiger partial charge in [-0.05, 0) is 37.8 Å². The molecule has 2 aromatic rings. The van der Waals surface area contributed by atoms with Gasteiger partial charge in [0.05, 0.1) is 0 Å². The minimum absolute atomic E-state index is 0.0394. The molecule has 0 saturated heterocycles. The Morgan fingerprint density at radius 3 is 2.48 bits per heavy atom. The largest absolute Gasteiger partial charge is 0.434 e. The Morgan fingerprint density at radius 2 is 1.90 bits per heavy atom. The Kier molecular flexibility index (Phi) is 5.66. The van der Waals surface area contributed by atoms with Gasteiger partial charge < -0.3 is 16.4 Å². The topological polar surface area (TPSA) is 136 Å². The van der Waals surface area contributed by atoms with Gasteiger partial charge in [0.2, 0.25) is 0 Å². The zero-order chi connectivity index (χ0) is 21.2. The molecule has 0 aromatic carbocycles. The number of carbonyl (C=O) groups excluding carboxylic acids is 1. The van der Waals surface area contributed by atoms with Gasteiger partial charge in [-0.3, -0.25) is 20.3 Å². The molecule has 1 fully saturated rings. The zero-order valence-corrected chi connectivity index (χ0v) is 15.5. The summed E-state index contributed by atoms with van der Waals surface area (Å²) in [5.74, 6) is -0.0318. The molecule has 1 aliphatic carbocycles. The Balaban J connectivity index is 1.62. The van der Waals surface area contributed by atoms with Gasteiger partial charge >= 0.3 is 6.18 Å². The molecule has 0 radical (unpaired) electrons. The SMILES string of the molecule is N/C=C(\C(N)=[NH2+])C(=O)NC1CCC(Nc2cccc3nc(C(F)(F)F)cn23)CC1. The number of aromatic nitrogens is 2. The number of carbonyl (C=O) groups is 1. The number of alkyl halides is 3. The fraction of sp³-hybridized carbons (Fsp3) is 0.389. The number of anilines is 1. The van der Waals surface area contributed by atoms with E-state index >= 15 is 0 Å². The van der Waals surface area contributed by atoms with Crippen molar-refractivity contribution >= 4 is 23.2 Å². The number of amides is 1. The molecular formula is C18H23F3N7O+. The molecule has 1 aliphatic rings. The van der Waals surface area contributed by atoms with Crippen molar-refractivity contribution in [2.24, 2.45) is 11.5 Å². The van der Waals surface area contributed by atoms with E-state index in [1.807, 2.05) is 0 Å². The average Bonchev–Trinajstić information content (AvgIpc) is 3.09. The smallest absolute Gasteiger partial charge is 0.404 e. The molecule has 0 atom stereocenters. The molecule has 156 valence electrons. The maximum absolute atomic E-state index is 12.9. The normalized spacial score (nSPS) is 20.4. The van der Waals surface area contributed by atoms with Crippen molar-refractivity contribution in [1.29, 1.82) is 0 Å². The molecule has 8 nitrogen and oxygen atoms in total. The third kappa shape index (κ3) is 4.61. The number of fused-ring (bicyclic) bond motifs is 1. The second-order valence-corrected chi connectivity index (χ2v) is 6.97. The minimum Gasteiger partial charge on any atom is -0.404 e. The van der Waals surface area contributed by atoms with E-state index in [1.54, 1.807) is 12.1 Å². The van der Waals surface area contributed by atoms with E-state index in [-0.39, 0.29) is 29.1 Å². The van der Waals surface area contributed by atoms with Crippen molar-refractivity contribution in [3.05, 3.63) is 41.9 Å². The van der Waals surface area contributed by atoms with Crippen molar-refractivity contribution in [3.63, 3.8) is 0 Å². The van der Waals surface area contributed by atoms with E-state index in [0.29, 0.717) is 18.7 Å². The van der Waals surface area contributed by atoms with Crippen LogP contribution in [0.5, 0.6) is 0 Å². The standard InChI is InChI=1S/C18H22F3N7O/c19-18(20,21)13-9-28-14(2-1-3-15(28)27-13)25-10-4-6-11(7-5-10)26-17(29)12(8-22)16(23)24/h1-3,8-11,25H,4-7,22H2,(H3,23,24)(H,26,29)/p+1/b12-8+. The van der Waals surface area contributed by atoms with Crippen molar-refractivity contribution in [3.8, 4) is 0 Å². The number of hydrogen-bond donors (Lipinski definition) is 5. The van der Waals surface area contributed by atoms with Gasteiger partial charge in [-0.15, -0.1) is 0 Å². The van der Waals surface area contributed by atoms with Crippen LogP contribution in [-0.4, -0.2) is 33.2 Å². The summed E-state index contributed by atoms with van der Waals surface area (Å²) in [5, 5.41) is 11.6. The van der Waals surface area contributed by atoms with E-state index in [1.165, 1.54) is 10.5 Å². The summed E-state index contributed by atoms with van der Waals surface area (Å²) in [6, 6.07) is 4.89. The van der Waals surface area contributed by atoms with Crippen LogP contribution in [0, 0.1) is 0 Å². The molecule has 1 amide bonds. The monoisotopic (exact) mass is 410 g/mol. The third-order valence-electron chi connectivity index (χ3n) is 4.92. The number of rotatable bonds is 5. The summed E-state index contributed by atoms with van der Waals surface area (Å²) in [6.45, 7) is 0. The van der Waals surface area contributed by atoms with Crippen molar-refractivity contribution in [2.45, 2.75) is 43.9 Å². The van der Waals surface area contributed by atoms with Crippen LogP contribution >= 0.6 is 0 Å². The number of hydrogen-bond acceptors (Lipinski definition) is 4. The summed E-state index contributed by atoms with van der Waals surface area (Å²) >= 11 is 0. The summed E-state index contributed by atoms with van der Waals surface area (Å²) in [6.07, 6.45) is 0.397. The van der Waals surface area contributed by atoms with Crippen LogP contribution in [0.25, 0.3) is 5.65 Å². The van der Waals surface area contributed by atoms with Gasteiger partial charge in [-0.2, -0.15) is 13.2 Å². The van der Waals surface area contributed by atoms with Gasteiger partial charge in [0.1, 0.15) is 17.0 Å². The fourth-order valence-electron chi connectivity index (χ4n) is 3.42. The van der Waals surface area contributed by atoms with Crippen LogP contribution in [0.3, 0.4) is 0 Å². The quantitative estimate of drug-likeness (QED) is 0.272. The predicted molar refractivity (Wildman–Crippen MR) is 101 cm³/mol. The van der Waals surface area contributed by atoms with E-state index in [4.69, 9.17) is 16.9 Å². The minimum atomic E-state index is -4.50. The van der Waals surface area contributed by atoms with Crippen LogP contribution in [-0.2, 0) is 11.0 Å². The molecule has 1 saturated carbocycles. The van der Waals surface area contributed by atoms with Gasteiger partial charge in [0.25, 0.3) is 11.7 Å². The highest BCUT2D eigenvalue weighted by atomic mass is 19.4. The van der Waals surface area contributed by atoms with Crippen molar-refractivity contribution < 1.29 is 23.4 Å². The van der Waals surface area contributed by atoms with Gasteiger partial charge in [0.15, 0.2) is 5.69 Å².